The summed E-state index contributed by atoms with van der Waals surface area (Å²) in [6.07, 6.45) is 0. The molecule has 1 heterocycles. The number of hydrogen-bond acceptors (Lipinski definition) is 5. The maximum absolute atomic E-state index is 13.3. The van der Waals surface area contributed by atoms with E-state index in [9.17, 15) is 14.5 Å². The summed E-state index contributed by atoms with van der Waals surface area (Å²) >= 11 is 0. The number of hydrogen-bond donors (Lipinski definition) is 1. The van der Waals surface area contributed by atoms with Gasteiger partial charge in [0, 0.05) is 25.3 Å². The van der Waals surface area contributed by atoms with Gasteiger partial charge in [-0.1, -0.05) is 6.07 Å². The molecule has 2 aromatic rings. The van der Waals surface area contributed by atoms with Gasteiger partial charge < -0.3 is 10.2 Å². The highest BCUT2D eigenvalue weighted by molar-refractivity contribution is 5.69. The summed E-state index contributed by atoms with van der Waals surface area (Å²) in [6, 6.07) is 8.75. The second-order valence-electron chi connectivity index (χ2n) is 4.37. The monoisotopic (exact) mass is 290 g/mol. The lowest BCUT2D eigenvalue weighted by molar-refractivity contribution is -0.384. The quantitative estimate of drug-likeness (QED) is 0.675. The zero-order valence-electron chi connectivity index (χ0n) is 11.7. The molecule has 0 saturated heterocycles. The Kier molecular flexibility index (Phi) is 4.32. The molecule has 0 aliphatic rings. The molecule has 7 heteroatoms. The summed E-state index contributed by atoms with van der Waals surface area (Å²) in [4.78, 5) is 16.4. The average molecular weight is 290 g/mol. The molecule has 0 atom stereocenters. The molecule has 0 spiro atoms. The van der Waals surface area contributed by atoms with Gasteiger partial charge in [0.15, 0.2) is 0 Å². The van der Waals surface area contributed by atoms with Crippen LogP contribution in [0.3, 0.4) is 0 Å². The number of halogens is 1. The van der Waals surface area contributed by atoms with E-state index >= 15 is 0 Å². The van der Waals surface area contributed by atoms with Crippen LogP contribution in [0.15, 0.2) is 36.4 Å². The standard InChI is InChI=1S/C14H15FN4O2/c1-3-16-13-8-7-12(19(20)21)14(17-13)18(2)11-6-4-5-10(15)9-11/h4-9H,3H2,1-2H3,(H,16,17). The summed E-state index contributed by atoms with van der Waals surface area (Å²) in [6.45, 7) is 2.55. The molecule has 110 valence electrons. The van der Waals surface area contributed by atoms with Gasteiger partial charge in [-0.2, -0.15) is 0 Å². The number of nitrogens with zero attached hydrogens (tertiary/aromatic N) is 3. The van der Waals surface area contributed by atoms with Crippen molar-refractivity contribution < 1.29 is 9.31 Å². The molecule has 1 aromatic carbocycles. The smallest absolute Gasteiger partial charge is 0.312 e. The van der Waals surface area contributed by atoms with E-state index < -0.39 is 10.7 Å². The maximum Gasteiger partial charge on any atom is 0.312 e. The average Bonchev–Trinajstić information content (AvgIpc) is 2.46. The molecular weight excluding hydrogens is 275 g/mol. The van der Waals surface area contributed by atoms with Crippen LogP contribution in [0.2, 0.25) is 0 Å². The number of nitrogens with one attached hydrogen (secondary N) is 1. The summed E-state index contributed by atoms with van der Waals surface area (Å²) in [5.41, 5.74) is 0.350. The minimum absolute atomic E-state index is 0.136. The van der Waals surface area contributed by atoms with Crippen LogP contribution in [-0.2, 0) is 0 Å². The fourth-order valence-corrected chi connectivity index (χ4v) is 1.92. The van der Waals surface area contributed by atoms with Crippen LogP contribution in [0.4, 0.5) is 27.4 Å². The topological polar surface area (TPSA) is 71.3 Å². The molecule has 1 N–H and O–H groups in total. The van der Waals surface area contributed by atoms with Crippen LogP contribution in [0.25, 0.3) is 0 Å². The van der Waals surface area contributed by atoms with Crippen molar-refractivity contribution in [1.29, 1.82) is 0 Å². The van der Waals surface area contributed by atoms with Crippen molar-refractivity contribution >= 4 is 23.0 Å². The van der Waals surface area contributed by atoms with Gasteiger partial charge in [-0.05, 0) is 31.2 Å². The molecule has 2 rings (SSSR count). The first-order chi connectivity index (χ1) is 10.0. The third-order valence-corrected chi connectivity index (χ3v) is 2.92. The third kappa shape index (κ3) is 3.25. The highest BCUT2D eigenvalue weighted by atomic mass is 19.1. The van der Waals surface area contributed by atoms with Crippen molar-refractivity contribution in [2.75, 3.05) is 23.8 Å². The lowest BCUT2D eigenvalue weighted by atomic mass is 10.2. The van der Waals surface area contributed by atoms with E-state index in [1.807, 2.05) is 6.92 Å². The molecular formula is C14H15FN4O2. The minimum Gasteiger partial charge on any atom is -0.370 e. The van der Waals surface area contributed by atoms with E-state index in [0.717, 1.165) is 0 Å². The molecule has 0 aliphatic carbocycles. The van der Waals surface area contributed by atoms with Crippen LogP contribution in [0, 0.1) is 15.9 Å². The second-order valence-corrected chi connectivity index (χ2v) is 4.37. The van der Waals surface area contributed by atoms with Crippen molar-refractivity contribution in [2.45, 2.75) is 6.92 Å². The van der Waals surface area contributed by atoms with Gasteiger partial charge in [0.05, 0.1) is 4.92 Å². The highest BCUT2D eigenvalue weighted by Crippen LogP contribution is 2.31. The van der Waals surface area contributed by atoms with E-state index in [4.69, 9.17) is 0 Å². The summed E-state index contributed by atoms with van der Waals surface area (Å²) in [7, 11) is 1.61. The Bertz CT molecular complexity index is 663. The first-order valence-electron chi connectivity index (χ1n) is 6.41. The summed E-state index contributed by atoms with van der Waals surface area (Å²) in [5.74, 6) is 0.273. The molecule has 6 nitrogen and oxygen atoms in total. The Labute approximate surface area is 121 Å². The first-order valence-corrected chi connectivity index (χ1v) is 6.41. The Hall–Kier alpha value is -2.70. The van der Waals surface area contributed by atoms with Crippen molar-refractivity contribution in [1.82, 2.24) is 4.98 Å². The SMILES string of the molecule is CCNc1ccc([N+](=O)[O-])c(N(C)c2cccc(F)c2)n1. The Morgan fingerprint density at radius 1 is 1.38 bits per heavy atom. The fraction of sp³-hybridized carbons (Fsp3) is 0.214. The number of nitro groups is 1. The number of pyridine rings is 1. The van der Waals surface area contributed by atoms with Gasteiger partial charge in [-0.15, -0.1) is 0 Å². The lowest BCUT2D eigenvalue weighted by Gasteiger charge is -2.19. The predicted octanol–water partition coefficient (Wildman–Crippen LogP) is 3.33. The molecule has 0 fully saturated rings. The highest BCUT2D eigenvalue weighted by Gasteiger charge is 2.20. The Morgan fingerprint density at radius 3 is 2.76 bits per heavy atom. The Morgan fingerprint density at radius 2 is 2.14 bits per heavy atom. The summed E-state index contributed by atoms with van der Waals surface area (Å²) in [5, 5.41) is 14.1. The Balaban J connectivity index is 2.48. The van der Waals surface area contributed by atoms with Gasteiger partial charge in [0.2, 0.25) is 5.82 Å². The fourth-order valence-electron chi connectivity index (χ4n) is 1.92. The number of anilines is 3. The van der Waals surface area contributed by atoms with E-state index in [0.29, 0.717) is 18.1 Å². The second kappa shape index (κ2) is 6.17. The molecule has 0 bridgehead atoms. The molecule has 0 saturated carbocycles. The largest absolute Gasteiger partial charge is 0.370 e. The van der Waals surface area contributed by atoms with Crippen molar-refractivity contribution in [3.8, 4) is 0 Å². The van der Waals surface area contributed by atoms with Gasteiger partial charge in [-0.25, -0.2) is 9.37 Å². The third-order valence-electron chi connectivity index (χ3n) is 2.92. The molecule has 0 amide bonds. The molecule has 1 aromatic heterocycles. The van der Waals surface area contributed by atoms with Crippen LogP contribution < -0.4 is 10.2 Å². The van der Waals surface area contributed by atoms with E-state index in [1.165, 1.54) is 23.1 Å². The molecule has 0 radical (unpaired) electrons. The van der Waals surface area contributed by atoms with E-state index in [-0.39, 0.29) is 11.5 Å². The van der Waals surface area contributed by atoms with Gasteiger partial charge >= 0.3 is 5.69 Å². The van der Waals surface area contributed by atoms with Crippen LogP contribution in [0.1, 0.15) is 6.92 Å². The van der Waals surface area contributed by atoms with Crippen LogP contribution in [0.5, 0.6) is 0 Å². The zero-order valence-corrected chi connectivity index (χ0v) is 11.7. The van der Waals surface area contributed by atoms with Gasteiger partial charge in [-0.3, -0.25) is 10.1 Å². The van der Waals surface area contributed by atoms with Crippen LogP contribution in [-0.4, -0.2) is 23.5 Å². The van der Waals surface area contributed by atoms with Gasteiger partial charge in [0.25, 0.3) is 0 Å². The number of aromatic nitrogens is 1. The predicted molar refractivity (Wildman–Crippen MR) is 79.5 cm³/mol. The van der Waals surface area contributed by atoms with Gasteiger partial charge in [0.1, 0.15) is 11.6 Å². The number of rotatable bonds is 5. The normalized spacial score (nSPS) is 10.2. The van der Waals surface area contributed by atoms with E-state index in [1.54, 1.807) is 25.2 Å². The van der Waals surface area contributed by atoms with Crippen LogP contribution >= 0.6 is 0 Å². The summed E-state index contributed by atoms with van der Waals surface area (Å²) < 4.78 is 13.3. The molecule has 0 aliphatic heterocycles. The minimum atomic E-state index is -0.506. The van der Waals surface area contributed by atoms with Crippen molar-refractivity contribution in [3.05, 3.63) is 52.3 Å². The van der Waals surface area contributed by atoms with E-state index in [2.05, 4.69) is 10.3 Å². The lowest BCUT2D eigenvalue weighted by Crippen LogP contribution is -2.14. The zero-order chi connectivity index (χ0) is 15.4. The maximum atomic E-state index is 13.3. The molecule has 21 heavy (non-hydrogen) atoms. The first kappa shape index (κ1) is 14.7. The number of benzene rings is 1. The molecule has 0 unspecified atom stereocenters. The van der Waals surface area contributed by atoms with Crippen molar-refractivity contribution in [3.63, 3.8) is 0 Å². The van der Waals surface area contributed by atoms with Crippen molar-refractivity contribution in [2.24, 2.45) is 0 Å².